The fraction of sp³-hybridized carbons (Fsp3) is 0.750. The normalized spacial score (nSPS) is 13.8. The van der Waals surface area contributed by atoms with Crippen LogP contribution in [0.15, 0.2) is 0 Å². The molecule has 0 saturated carbocycles. The van der Waals surface area contributed by atoms with Gasteiger partial charge in [0.2, 0.25) is 0 Å². The van der Waals surface area contributed by atoms with Crippen LogP contribution < -0.4 is 0 Å². The van der Waals surface area contributed by atoms with Gasteiger partial charge in [0.15, 0.2) is 0 Å². The Morgan fingerprint density at radius 2 is 1.50 bits per heavy atom. The summed E-state index contributed by atoms with van der Waals surface area (Å²) in [5.41, 5.74) is 0. The maximum Gasteiger partial charge on any atom is 0.455 e. The van der Waals surface area contributed by atoms with Crippen molar-refractivity contribution in [2.45, 2.75) is 12.1 Å². The average Bonchev–Trinajstić information content (AvgIpc) is 1.61. The highest BCUT2D eigenvalue weighted by Gasteiger charge is 2.57. The fourth-order valence-corrected chi connectivity index (χ4v) is 0.210. The Kier molecular flexibility index (Phi) is 2.59. The molecule has 0 aromatic carbocycles. The second kappa shape index (κ2) is 2.69. The third-order valence-corrected chi connectivity index (χ3v) is 0.698. The van der Waals surface area contributed by atoms with Gasteiger partial charge < -0.3 is 4.74 Å². The fourth-order valence-electron chi connectivity index (χ4n) is 0.210. The minimum atomic E-state index is -5.55. The molecule has 10 heavy (non-hydrogen) atoms. The lowest BCUT2D eigenvalue weighted by molar-refractivity contribution is -0.293. The van der Waals surface area contributed by atoms with Crippen LogP contribution in [0, 0.1) is 7.11 Å². The van der Waals surface area contributed by atoms with Gasteiger partial charge in [-0.05, 0) is 0 Å². The van der Waals surface area contributed by atoms with Gasteiger partial charge in [-0.25, -0.2) is 0 Å². The Morgan fingerprint density at radius 3 is 1.60 bits per heavy atom. The molecule has 0 N–H and O–H groups in total. The van der Waals surface area contributed by atoms with Crippen molar-refractivity contribution in [1.82, 2.24) is 0 Å². The lowest BCUT2D eigenvalue weighted by Crippen LogP contribution is -2.40. The van der Waals surface area contributed by atoms with E-state index < -0.39 is 18.7 Å². The second-order valence-corrected chi connectivity index (χ2v) is 1.55. The molecule has 0 unspecified atom stereocenters. The van der Waals surface area contributed by atoms with Crippen LogP contribution in [0.3, 0.4) is 0 Å². The number of ether oxygens (including phenoxy) is 1. The molecule has 1 nitrogen and oxygen atoms in total. The van der Waals surface area contributed by atoms with Crippen LogP contribution >= 0.6 is 0 Å². The van der Waals surface area contributed by atoms with E-state index in [2.05, 4.69) is 11.8 Å². The highest BCUT2D eigenvalue weighted by atomic mass is 19.4. The Labute approximate surface area is 53.8 Å². The van der Waals surface area contributed by atoms with Crippen molar-refractivity contribution in [3.63, 3.8) is 0 Å². The number of halogens is 5. The molecule has 0 aromatic rings. The van der Waals surface area contributed by atoms with Crippen LogP contribution in [0.1, 0.15) is 0 Å². The van der Waals surface area contributed by atoms with E-state index in [1.54, 1.807) is 0 Å². The molecule has 0 atom stereocenters. The van der Waals surface area contributed by atoms with E-state index in [0.717, 1.165) is 0 Å². The molecule has 1 radical (unpaired) electrons. The molecule has 0 fully saturated rings. The average molecular weight is 163 g/mol. The standard InChI is InChI=1S/C4H4F5O/c1-10-2-3(5,6)4(7,8)9/h1-2H2. The topological polar surface area (TPSA) is 9.23 Å². The largest absolute Gasteiger partial charge is 0.455 e. The van der Waals surface area contributed by atoms with Crippen LogP contribution in [-0.2, 0) is 4.74 Å². The van der Waals surface area contributed by atoms with Crippen molar-refractivity contribution in [2.24, 2.45) is 0 Å². The molecule has 0 bridgehead atoms. The Hall–Kier alpha value is -0.390. The first-order chi connectivity index (χ1) is 4.31. The summed E-state index contributed by atoms with van der Waals surface area (Å²) < 4.78 is 60.2. The molecular weight excluding hydrogens is 159 g/mol. The maximum absolute atomic E-state index is 11.6. The molecule has 6 heteroatoms. The van der Waals surface area contributed by atoms with Crippen LogP contribution in [0.2, 0.25) is 0 Å². The lowest BCUT2D eigenvalue weighted by atomic mass is 10.3. The molecule has 0 heterocycles. The third-order valence-electron chi connectivity index (χ3n) is 0.698. The number of hydrogen-bond acceptors (Lipinski definition) is 1. The molecule has 0 rings (SSSR count). The van der Waals surface area contributed by atoms with Gasteiger partial charge in [0.05, 0.1) is 7.11 Å². The monoisotopic (exact) mass is 163 g/mol. The Bertz CT molecular complexity index is 107. The molecule has 0 aromatic heterocycles. The first-order valence-electron chi connectivity index (χ1n) is 2.13. The van der Waals surface area contributed by atoms with Crippen LogP contribution in [-0.4, -0.2) is 18.7 Å². The van der Waals surface area contributed by atoms with Gasteiger partial charge in [-0.2, -0.15) is 22.0 Å². The van der Waals surface area contributed by atoms with E-state index in [1.165, 1.54) is 0 Å². The van der Waals surface area contributed by atoms with Crippen LogP contribution in [0.4, 0.5) is 22.0 Å². The van der Waals surface area contributed by atoms with E-state index in [-0.39, 0.29) is 0 Å². The Balaban J connectivity index is 4.10. The minimum Gasteiger partial charge on any atom is -0.372 e. The number of hydrogen-bond donors (Lipinski definition) is 0. The van der Waals surface area contributed by atoms with Gasteiger partial charge in [-0.15, -0.1) is 0 Å². The smallest absolute Gasteiger partial charge is 0.372 e. The molecule has 0 spiro atoms. The summed E-state index contributed by atoms with van der Waals surface area (Å²) >= 11 is 0. The predicted molar refractivity (Wildman–Crippen MR) is 22.3 cm³/mol. The molecule has 0 aliphatic rings. The van der Waals surface area contributed by atoms with Gasteiger partial charge in [0, 0.05) is 0 Å². The summed E-state index contributed by atoms with van der Waals surface area (Å²) in [4.78, 5) is 0. The predicted octanol–water partition coefficient (Wildman–Crippen LogP) is 1.99. The zero-order chi connectivity index (χ0) is 8.41. The quantitative estimate of drug-likeness (QED) is 0.565. The summed E-state index contributed by atoms with van der Waals surface area (Å²) in [5, 5.41) is 0. The molecule has 0 aliphatic carbocycles. The van der Waals surface area contributed by atoms with Crippen molar-refractivity contribution in [2.75, 3.05) is 6.61 Å². The summed E-state index contributed by atoms with van der Waals surface area (Å²) in [6, 6.07) is 0. The van der Waals surface area contributed by atoms with Crippen molar-refractivity contribution >= 4 is 0 Å². The van der Waals surface area contributed by atoms with E-state index in [9.17, 15) is 22.0 Å². The van der Waals surface area contributed by atoms with Crippen LogP contribution in [0.25, 0.3) is 0 Å². The third kappa shape index (κ3) is 2.09. The first kappa shape index (κ1) is 9.61. The molecule has 0 amide bonds. The minimum absolute atomic E-state index is 1.74. The molecule has 0 saturated heterocycles. The van der Waals surface area contributed by atoms with Gasteiger partial charge in [0.1, 0.15) is 6.61 Å². The summed E-state index contributed by atoms with van der Waals surface area (Å²) in [6.07, 6.45) is -5.55. The highest BCUT2D eigenvalue weighted by Crippen LogP contribution is 2.35. The zero-order valence-electron chi connectivity index (χ0n) is 4.71. The number of rotatable bonds is 2. The second-order valence-electron chi connectivity index (χ2n) is 1.55. The van der Waals surface area contributed by atoms with Crippen molar-refractivity contribution in [1.29, 1.82) is 0 Å². The summed E-state index contributed by atoms with van der Waals surface area (Å²) in [5.74, 6) is -4.80. The number of alkyl halides is 5. The van der Waals surface area contributed by atoms with Gasteiger partial charge in [0.25, 0.3) is 0 Å². The zero-order valence-corrected chi connectivity index (χ0v) is 4.71. The molecular formula is C4H4F5O. The summed E-state index contributed by atoms with van der Waals surface area (Å²) in [7, 11) is 2.40. The van der Waals surface area contributed by atoms with E-state index in [1.807, 2.05) is 0 Å². The molecule has 0 aliphatic heterocycles. The van der Waals surface area contributed by atoms with E-state index in [0.29, 0.717) is 0 Å². The van der Waals surface area contributed by atoms with Gasteiger partial charge >= 0.3 is 12.1 Å². The van der Waals surface area contributed by atoms with Crippen LogP contribution in [0.5, 0.6) is 0 Å². The van der Waals surface area contributed by atoms with Gasteiger partial charge in [-0.3, -0.25) is 0 Å². The van der Waals surface area contributed by atoms with Crippen molar-refractivity contribution in [3.8, 4) is 0 Å². The highest BCUT2D eigenvalue weighted by molar-refractivity contribution is 4.74. The first-order valence-corrected chi connectivity index (χ1v) is 2.13. The summed E-state index contributed by atoms with van der Waals surface area (Å²) in [6.45, 7) is -1.74. The Morgan fingerprint density at radius 1 is 1.10 bits per heavy atom. The lowest BCUT2D eigenvalue weighted by Gasteiger charge is -2.17. The van der Waals surface area contributed by atoms with E-state index >= 15 is 0 Å². The van der Waals surface area contributed by atoms with E-state index in [4.69, 9.17) is 0 Å². The van der Waals surface area contributed by atoms with Gasteiger partial charge in [-0.1, -0.05) is 0 Å². The molecule has 61 valence electrons. The SMILES string of the molecule is [CH2]OCC(F)(F)C(F)(F)F. The van der Waals surface area contributed by atoms with Crippen molar-refractivity contribution < 1.29 is 26.7 Å². The van der Waals surface area contributed by atoms with Crippen molar-refractivity contribution in [3.05, 3.63) is 7.11 Å². The maximum atomic E-state index is 11.6.